The number of fused-ring (bicyclic) bond motifs is 1. The predicted octanol–water partition coefficient (Wildman–Crippen LogP) is 2.64. The average molecular weight is 381 g/mol. The van der Waals surface area contributed by atoms with Crippen molar-refractivity contribution in [3.8, 4) is 11.5 Å². The lowest BCUT2D eigenvalue weighted by Gasteiger charge is -2.33. The minimum atomic E-state index is 0.327. The summed E-state index contributed by atoms with van der Waals surface area (Å²) >= 11 is 0. The largest absolute Gasteiger partial charge is 0.494 e. The van der Waals surface area contributed by atoms with Gasteiger partial charge in [0.05, 0.1) is 18.5 Å². The molecule has 3 aromatic rings. The molecule has 0 aliphatic carbocycles. The number of hydrogen-bond donors (Lipinski definition) is 1. The lowest BCUT2D eigenvalue weighted by Crippen LogP contribution is -2.37. The second kappa shape index (κ2) is 7.20. The number of hydrogen-bond acceptors (Lipinski definition) is 7. The zero-order chi connectivity index (χ0) is 18.9. The van der Waals surface area contributed by atoms with E-state index in [2.05, 4.69) is 10.00 Å². The molecule has 0 radical (unpaired) electrons. The van der Waals surface area contributed by atoms with Gasteiger partial charge in [-0.25, -0.2) is 4.98 Å². The van der Waals surface area contributed by atoms with Crippen molar-refractivity contribution < 1.29 is 13.9 Å². The molecular formula is C20H23N5O3. The zero-order valence-corrected chi connectivity index (χ0v) is 15.6. The Morgan fingerprint density at radius 3 is 3.04 bits per heavy atom. The summed E-state index contributed by atoms with van der Waals surface area (Å²) in [6.45, 7) is 3.98. The summed E-state index contributed by atoms with van der Waals surface area (Å²) in [5, 5.41) is 4.52. The van der Waals surface area contributed by atoms with Crippen LogP contribution in [-0.2, 0) is 9.47 Å². The second-order valence-corrected chi connectivity index (χ2v) is 7.26. The predicted molar refractivity (Wildman–Crippen MR) is 104 cm³/mol. The number of piperidine rings is 1. The summed E-state index contributed by atoms with van der Waals surface area (Å²) in [6, 6.07) is 7.58. The molecule has 28 heavy (non-hydrogen) atoms. The highest BCUT2D eigenvalue weighted by atomic mass is 16.6. The van der Waals surface area contributed by atoms with Crippen LogP contribution >= 0.6 is 0 Å². The number of rotatable bonds is 4. The molecule has 2 aliphatic rings. The molecule has 5 heterocycles. The van der Waals surface area contributed by atoms with E-state index in [0.29, 0.717) is 30.7 Å². The molecule has 8 heteroatoms. The highest BCUT2D eigenvalue weighted by Gasteiger charge is 2.25. The number of likely N-dealkylation sites (tertiary alicyclic amines) is 1. The van der Waals surface area contributed by atoms with E-state index in [1.54, 1.807) is 17.0 Å². The third-order valence-electron chi connectivity index (χ3n) is 5.25. The van der Waals surface area contributed by atoms with Crippen LogP contribution in [0.25, 0.3) is 17.1 Å². The number of nitrogen functional groups attached to an aromatic ring is 1. The molecule has 0 aromatic carbocycles. The maximum atomic E-state index is 6.29. The first-order valence-corrected chi connectivity index (χ1v) is 9.62. The van der Waals surface area contributed by atoms with Gasteiger partial charge in [0.15, 0.2) is 11.4 Å². The fourth-order valence-corrected chi connectivity index (χ4v) is 3.92. The maximum absolute atomic E-state index is 6.29. The van der Waals surface area contributed by atoms with Gasteiger partial charge in [-0.15, -0.1) is 0 Å². The van der Waals surface area contributed by atoms with E-state index in [-0.39, 0.29) is 0 Å². The summed E-state index contributed by atoms with van der Waals surface area (Å²) in [4.78, 5) is 7.24. The molecule has 2 aliphatic heterocycles. The van der Waals surface area contributed by atoms with Crippen LogP contribution in [0.5, 0.6) is 0 Å². The minimum absolute atomic E-state index is 0.327. The highest BCUT2D eigenvalue weighted by molar-refractivity contribution is 5.61. The molecule has 146 valence electrons. The molecule has 3 aromatic heterocycles. The van der Waals surface area contributed by atoms with Crippen LogP contribution in [0.4, 0.5) is 5.82 Å². The Morgan fingerprint density at radius 1 is 1.25 bits per heavy atom. The van der Waals surface area contributed by atoms with Crippen LogP contribution in [0.1, 0.15) is 24.5 Å². The average Bonchev–Trinajstić information content (AvgIpc) is 3.39. The molecule has 2 N–H and O–H groups in total. The summed E-state index contributed by atoms with van der Waals surface area (Å²) < 4.78 is 18.2. The maximum Gasteiger partial charge on any atom is 0.158 e. The van der Waals surface area contributed by atoms with E-state index in [1.807, 2.05) is 24.3 Å². The molecule has 1 atom stereocenters. The van der Waals surface area contributed by atoms with Crippen LogP contribution < -0.4 is 5.73 Å². The van der Waals surface area contributed by atoms with Gasteiger partial charge in [0, 0.05) is 24.6 Å². The van der Waals surface area contributed by atoms with Crippen LogP contribution in [-0.4, -0.2) is 52.3 Å². The van der Waals surface area contributed by atoms with E-state index in [9.17, 15) is 0 Å². The Labute approximate surface area is 162 Å². The highest BCUT2D eigenvalue weighted by Crippen LogP contribution is 2.29. The van der Waals surface area contributed by atoms with Crippen LogP contribution in [0.3, 0.4) is 0 Å². The van der Waals surface area contributed by atoms with E-state index in [0.717, 1.165) is 55.3 Å². The monoisotopic (exact) mass is 381 g/mol. The third kappa shape index (κ3) is 3.31. The summed E-state index contributed by atoms with van der Waals surface area (Å²) in [5.41, 5.74) is 8.77. The molecule has 5 rings (SSSR count). The van der Waals surface area contributed by atoms with Gasteiger partial charge < -0.3 is 19.6 Å². The van der Waals surface area contributed by atoms with E-state index >= 15 is 0 Å². The second-order valence-electron chi connectivity index (χ2n) is 7.26. The quantitative estimate of drug-likeness (QED) is 0.743. The normalized spacial score (nSPS) is 20.6. The SMILES string of the molecule is Nc1cc(C2CCCN(CC3=COCCO3)C2)nc2cc(-c3ccco3)nn12. The number of ether oxygens (including phenoxy) is 2. The van der Waals surface area contributed by atoms with Crippen molar-refractivity contribution in [2.45, 2.75) is 18.8 Å². The lowest BCUT2D eigenvalue weighted by molar-refractivity contribution is 0.0653. The van der Waals surface area contributed by atoms with Gasteiger partial charge in [-0.05, 0) is 31.5 Å². The lowest BCUT2D eigenvalue weighted by atomic mass is 9.94. The van der Waals surface area contributed by atoms with Crippen molar-refractivity contribution in [1.29, 1.82) is 0 Å². The van der Waals surface area contributed by atoms with Gasteiger partial charge >= 0.3 is 0 Å². The molecule has 1 unspecified atom stereocenters. The fourth-order valence-electron chi connectivity index (χ4n) is 3.92. The first kappa shape index (κ1) is 17.1. The van der Waals surface area contributed by atoms with Crippen molar-refractivity contribution in [2.75, 3.05) is 38.6 Å². The van der Waals surface area contributed by atoms with Crippen LogP contribution in [0.2, 0.25) is 0 Å². The number of nitrogens with two attached hydrogens (primary N) is 1. The first-order valence-electron chi connectivity index (χ1n) is 9.62. The van der Waals surface area contributed by atoms with Crippen molar-refractivity contribution in [1.82, 2.24) is 19.5 Å². The molecule has 8 nitrogen and oxygen atoms in total. The number of anilines is 1. The fraction of sp³-hybridized carbons (Fsp3) is 0.400. The first-order chi connectivity index (χ1) is 13.8. The van der Waals surface area contributed by atoms with Gasteiger partial charge in [0.2, 0.25) is 0 Å². The van der Waals surface area contributed by atoms with Crippen LogP contribution in [0.15, 0.2) is 47.0 Å². The van der Waals surface area contributed by atoms with E-state index in [1.165, 1.54) is 0 Å². The number of furan rings is 1. The summed E-state index contributed by atoms with van der Waals surface area (Å²) in [5.74, 6) is 2.52. The Kier molecular flexibility index (Phi) is 4.40. The van der Waals surface area contributed by atoms with Gasteiger partial charge in [-0.2, -0.15) is 9.61 Å². The minimum Gasteiger partial charge on any atom is -0.494 e. The molecule has 0 amide bonds. The smallest absolute Gasteiger partial charge is 0.158 e. The molecule has 1 fully saturated rings. The number of nitrogens with zero attached hydrogens (tertiary/aromatic N) is 4. The number of aromatic nitrogens is 3. The summed E-state index contributed by atoms with van der Waals surface area (Å²) in [6.07, 6.45) is 5.57. The van der Waals surface area contributed by atoms with Gasteiger partial charge in [-0.1, -0.05) is 0 Å². The Hall–Kier alpha value is -3.00. The topological polar surface area (TPSA) is 91.0 Å². The van der Waals surface area contributed by atoms with Gasteiger partial charge in [-0.3, -0.25) is 4.90 Å². The van der Waals surface area contributed by atoms with Crippen molar-refractivity contribution in [3.05, 3.63) is 48.2 Å². The van der Waals surface area contributed by atoms with E-state index in [4.69, 9.17) is 24.6 Å². The molecule has 0 spiro atoms. The van der Waals surface area contributed by atoms with E-state index < -0.39 is 0 Å². The van der Waals surface area contributed by atoms with Crippen LogP contribution in [0, 0.1) is 0 Å². The molecule has 0 saturated carbocycles. The molecule has 1 saturated heterocycles. The summed E-state index contributed by atoms with van der Waals surface area (Å²) in [7, 11) is 0. The third-order valence-corrected chi connectivity index (χ3v) is 5.25. The Morgan fingerprint density at radius 2 is 2.21 bits per heavy atom. The standard InChI is InChI=1S/C20H23N5O3/c21-19-9-16(22-20-10-17(23-25(19)20)18-4-2-6-28-18)14-3-1-5-24(11-14)12-15-13-26-7-8-27-15/h2,4,6,9-10,13-14H,1,3,5,7-8,11-12,21H2. The van der Waals surface area contributed by atoms with Crippen molar-refractivity contribution in [2.24, 2.45) is 0 Å². The Balaban J connectivity index is 1.38. The van der Waals surface area contributed by atoms with Gasteiger partial charge in [0.1, 0.15) is 36.7 Å². The van der Waals surface area contributed by atoms with Crippen molar-refractivity contribution in [3.63, 3.8) is 0 Å². The molecular weight excluding hydrogens is 358 g/mol. The van der Waals surface area contributed by atoms with Crippen molar-refractivity contribution >= 4 is 11.5 Å². The molecule has 0 bridgehead atoms. The zero-order valence-electron chi connectivity index (χ0n) is 15.6. The Bertz CT molecular complexity index is 995. The van der Waals surface area contributed by atoms with Gasteiger partial charge in [0.25, 0.3) is 0 Å².